The molecule has 0 atom stereocenters. The van der Waals surface area contributed by atoms with Gasteiger partial charge in [0, 0.05) is 45.7 Å². The summed E-state index contributed by atoms with van der Waals surface area (Å²) in [7, 11) is 1.67. The Balaban J connectivity index is 1.37. The molecular formula is C27H31N3O4. The molecule has 2 aromatic carbocycles. The summed E-state index contributed by atoms with van der Waals surface area (Å²) in [6, 6.07) is 19.5. The number of nitrogens with zero attached hydrogens (tertiary/aromatic N) is 3. The van der Waals surface area contributed by atoms with Crippen LogP contribution in [0.4, 0.5) is 5.69 Å². The minimum atomic E-state index is -0.121. The molecule has 0 unspecified atom stereocenters. The number of para-hydroxylation sites is 2. The maximum atomic E-state index is 13.2. The Morgan fingerprint density at radius 3 is 2.35 bits per heavy atom. The van der Waals surface area contributed by atoms with E-state index in [2.05, 4.69) is 4.90 Å². The Morgan fingerprint density at radius 2 is 1.68 bits per heavy atom. The summed E-state index contributed by atoms with van der Waals surface area (Å²) in [5.41, 5.74) is 2.61. The van der Waals surface area contributed by atoms with Crippen molar-refractivity contribution in [3.8, 4) is 5.75 Å². The lowest BCUT2D eigenvalue weighted by Crippen LogP contribution is -2.49. The Labute approximate surface area is 200 Å². The highest BCUT2D eigenvalue weighted by Gasteiger charge is 2.25. The van der Waals surface area contributed by atoms with Gasteiger partial charge in [0.05, 0.1) is 24.6 Å². The van der Waals surface area contributed by atoms with Crippen molar-refractivity contribution >= 4 is 17.5 Å². The second-order valence-electron chi connectivity index (χ2n) is 8.39. The van der Waals surface area contributed by atoms with Crippen molar-refractivity contribution in [3.63, 3.8) is 0 Å². The number of furan rings is 1. The second kappa shape index (κ2) is 10.9. The summed E-state index contributed by atoms with van der Waals surface area (Å²) < 4.78 is 10.8. The van der Waals surface area contributed by atoms with Gasteiger partial charge < -0.3 is 23.9 Å². The van der Waals surface area contributed by atoms with E-state index >= 15 is 0 Å². The highest BCUT2D eigenvalue weighted by atomic mass is 16.5. The SMILES string of the molecule is COc1ccccc1N1CCN(C(=O)CCN(Cc2ccccc2)C(=O)c2ccoc2C)CC1. The first kappa shape index (κ1) is 23.4. The predicted octanol–water partition coefficient (Wildman–Crippen LogP) is 3.98. The number of carbonyl (C=O) groups is 2. The predicted molar refractivity (Wildman–Crippen MR) is 131 cm³/mol. The minimum absolute atomic E-state index is 0.0643. The molecule has 178 valence electrons. The molecule has 0 saturated carbocycles. The summed E-state index contributed by atoms with van der Waals surface area (Å²) in [4.78, 5) is 32.1. The maximum absolute atomic E-state index is 13.2. The number of piperazine rings is 1. The number of methoxy groups -OCH3 is 1. The number of rotatable bonds is 8. The van der Waals surface area contributed by atoms with E-state index in [1.807, 2.05) is 59.5 Å². The Hall–Kier alpha value is -3.74. The van der Waals surface area contributed by atoms with Gasteiger partial charge in [0.15, 0.2) is 0 Å². The average Bonchev–Trinajstić information content (AvgIpc) is 3.32. The number of anilines is 1. The molecule has 2 heterocycles. The van der Waals surface area contributed by atoms with Crippen molar-refractivity contribution in [2.24, 2.45) is 0 Å². The Bertz CT molecular complexity index is 1100. The van der Waals surface area contributed by atoms with Crippen molar-refractivity contribution in [3.05, 3.63) is 83.8 Å². The van der Waals surface area contributed by atoms with Crippen LogP contribution in [0.25, 0.3) is 0 Å². The molecule has 7 nitrogen and oxygen atoms in total. The fraction of sp³-hybridized carbons (Fsp3) is 0.333. The van der Waals surface area contributed by atoms with Crippen LogP contribution < -0.4 is 9.64 Å². The largest absolute Gasteiger partial charge is 0.495 e. The minimum Gasteiger partial charge on any atom is -0.495 e. The lowest BCUT2D eigenvalue weighted by Gasteiger charge is -2.37. The van der Waals surface area contributed by atoms with Gasteiger partial charge in [0.25, 0.3) is 5.91 Å². The van der Waals surface area contributed by atoms with Gasteiger partial charge in [-0.3, -0.25) is 9.59 Å². The van der Waals surface area contributed by atoms with E-state index in [1.54, 1.807) is 25.0 Å². The van der Waals surface area contributed by atoms with Crippen molar-refractivity contribution in [2.75, 3.05) is 44.7 Å². The van der Waals surface area contributed by atoms with E-state index in [1.165, 1.54) is 6.26 Å². The van der Waals surface area contributed by atoms with E-state index in [0.717, 1.165) is 30.1 Å². The smallest absolute Gasteiger partial charge is 0.257 e. The molecule has 0 bridgehead atoms. The van der Waals surface area contributed by atoms with Gasteiger partial charge in [-0.05, 0) is 30.7 Å². The first-order valence-corrected chi connectivity index (χ1v) is 11.6. The molecule has 4 rings (SSSR count). The Morgan fingerprint density at radius 1 is 0.971 bits per heavy atom. The average molecular weight is 462 g/mol. The highest BCUT2D eigenvalue weighted by molar-refractivity contribution is 5.95. The van der Waals surface area contributed by atoms with Gasteiger partial charge in [0.2, 0.25) is 5.91 Å². The monoisotopic (exact) mass is 461 g/mol. The third kappa shape index (κ3) is 5.42. The first-order chi connectivity index (χ1) is 16.6. The molecule has 0 spiro atoms. The molecule has 1 aromatic heterocycles. The van der Waals surface area contributed by atoms with E-state index in [4.69, 9.17) is 9.15 Å². The normalized spacial score (nSPS) is 13.6. The molecule has 2 amide bonds. The summed E-state index contributed by atoms with van der Waals surface area (Å²) in [6.07, 6.45) is 1.81. The fourth-order valence-electron chi connectivity index (χ4n) is 4.31. The molecule has 1 fully saturated rings. The summed E-state index contributed by atoms with van der Waals surface area (Å²) >= 11 is 0. The molecule has 1 saturated heterocycles. The van der Waals surface area contributed by atoms with Gasteiger partial charge in [-0.2, -0.15) is 0 Å². The number of ether oxygens (including phenoxy) is 1. The number of aryl methyl sites for hydroxylation is 1. The highest BCUT2D eigenvalue weighted by Crippen LogP contribution is 2.28. The molecule has 0 aliphatic carbocycles. The molecular weight excluding hydrogens is 430 g/mol. The molecule has 7 heteroatoms. The quantitative estimate of drug-likeness (QED) is 0.508. The number of hydrogen-bond acceptors (Lipinski definition) is 5. The molecule has 1 aliphatic rings. The van der Waals surface area contributed by atoms with E-state index in [0.29, 0.717) is 37.5 Å². The van der Waals surface area contributed by atoms with Crippen LogP contribution in [0.15, 0.2) is 71.3 Å². The van der Waals surface area contributed by atoms with Crippen molar-refractivity contribution < 1.29 is 18.7 Å². The fourth-order valence-corrected chi connectivity index (χ4v) is 4.31. The van der Waals surface area contributed by atoms with Crippen molar-refractivity contribution in [1.82, 2.24) is 9.80 Å². The zero-order chi connectivity index (χ0) is 23.9. The van der Waals surface area contributed by atoms with Crippen molar-refractivity contribution in [1.29, 1.82) is 0 Å². The van der Waals surface area contributed by atoms with Gasteiger partial charge in [0.1, 0.15) is 11.5 Å². The second-order valence-corrected chi connectivity index (χ2v) is 8.39. The van der Waals surface area contributed by atoms with Gasteiger partial charge in [-0.25, -0.2) is 0 Å². The zero-order valence-electron chi connectivity index (χ0n) is 19.8. The standard InChI is InChI=1S/C27H31N3O4/c1-21-23(13-19-34-21)27(32)30(20-22-8-4-3-5-9-22)14-12-26(31)29-17-15-28(16-18-29)24-10-6-7-11-25(24)33-2/h3-11,13,19H,12,14-18,20H2,1-2H3. The molecule has 1 aliphatic heterocycles. The van der Waals surface area contributed by atoms with Gasteiger partial charge >= 0.3 is 0 Å². The summed E-state index contributed by atoms with van der Waals surface area (Å²) in [5.74, 6) is 1.37. The van der Waals surface area contributed by atoms with Crippen LogP contribution in [0.2, 0.25) is 0 Å². The van der Waals surface area contributed by atoms with Crippen LogP contribution in [0.5, 0.6) is 5.75 Å². The maximum Gasteiger partial charge on any atom is 0.257 e. The van der Waals surface area contributed by atoms with Gasteiger partial charge in [-0.15, -0.1) is 0 Å². The van der Waals surface area contributed by atoms with Crippen LogP contribution in [-0.4, -0.2) is 61.4 Å². The third-order valence-corrected chi connectivity index (χ3v) is 6.25. The zero-order valence-corrected chi connectivity index (χ0v) is 19.8. The Kier molecular flexibility index (Phi) is 7.52. The molecule has 0 N–H and O–H groups in total. The first-order valence-electron chi connectivity index (χ1n) is 11.6. The number of carbonyl (C=O) groups excluding carboxylic acids is 2. The van der Waals surface area contributed by atoms with E-state index < -0.39 is 0 Å². The van der Waals surface area contributed by atoms with Crippen LogP contribution in [0.1, 0.15) is 28.1 Å². The lowest BCUT2D eigenvalue weighted by atomic mass is 10.1. The molecule has 34 heavy (non-hydrogen) atoms. The van der Waals surface area contributed by atoms with Crippen LogP contribution >= 0.6 is 0 Å². The number of benzene rings is 2. The molecule has 3 aromatic rings. The van der Waals surface area contributed by atoms with E-state index in [-0.39, 0.29) is 18.2 Å². The summed E-state index contributed by atoms with van der Waals surface area (Å²) in [6.45, 7) is 5.35. The topological polar surface area (TPSA) is 66.2 Å². The van der Waals surface area contributed by atoms with Crippen LogP contribution in [0.3, 0.4) is 0 Å². The van der Waals surface area contributed by atoms with Crippen LogP contribution in [0, 0.1) is 6.92 Å². The number of hydrogen-bond donors (Lipinski definition) is 0. The van der Waals surface area contributed by atoms with Crippen molar-refractivity contribution in [2.45, 2.75) is 19.9 Å². The summed E-state index contributed by atoms with van der Waals surface area (Å²) in [5, 5.41) is 0. The molecule has 0 radical (unpaired) electrons. The van der Waals surface area contributed by atoms with Gasteiger partial charge in [-0.1, -0.05) is 42.5 Å². The third-order valence-electron chi connectivity index (χ3n) is 6.25. The van der Waals surface area contributed by atoms with E-state index in [9.17, 15) is 9.59 Å². The van der Waals surface area contributed by atoms with Crippen LogP contribution in [-0.2, 0) is 11.3 Å². The lowest BCUT2D eigenvalue weighted by molar-refractivity contribution is -0.131. The number of amides is 2.